The van der Waals surface area contributed by atoms with Crippen LogP contribution in [0.5, 0.6) is 0 Å². The van der Waals surface area contributed by atoms with E-state index in [1.165, 1.54) is 35.0 Å². The van der Waals surface area contributed by atoms with Crippen LogP contribution in [-0.4, -0.2) is 22.8 Å². The monoisotopic (exact) mass is 276 g/mol. The van der Waals surface area contributed by atoms with E-state index < -0.39 is 10.1 Å². The van der Waals surface area contributed by atoms with Crippen LogP contribution in [0.15, 0.2) is 40.0 Å². The van der Waals surface area contributed by atoms with Crippen molar-refractivity contribution in [3.8, 4) is 5.69 Å². The van der Waals surface area contributed by atoms with Crippen LogP contribution in [0.2, 0.25) is 0 Å². The van der Waals surface area contributed by atoms with Crippen LogP contribution in [-0.2, 0) is 10.1 Å². The number of hydrogen-bond acceptors (Lipinski definition) is 4. The van der Waals surface area contributed by atoms with Crippen LogP contribution in [0.1, 0.15) is 5.69 Å². The fourth-order valence-corrected chi connectivity index (χ4v) is 1.94. The summed E-state index contributed by atoms with van der Waals surface area (Å²) < 4.78 is 33.4. The smallest absolute Gasteiger partial charge is 0.744 e. The van der Waals surface area contributed by atoms with Gasteiger partial charge in [0.2, 0.25) is 0 Å². The summed E-state index contributed by atoms with van der Waals surface area (Å²) in [5.74, 6) is 0. The molecule has 90 valence electrons. The molecule has 6 nitrogen and oxygen atoms in total. The molecular formula is C10H9N2NaO4S. The topological polar surface area (TPSA) is 95.0 Å². The minimum absolute atomic E-state index is 0. The molecule has 0 bridgehead atoms. The van der Waals surface area contributed by atoms with E-state index in [0.717, 1.165) is 0 Å². The molecule has 0 saturated heterocycles. The minimum atomic E-state index is -4.45. The van der Waals surface area contributed by atoms with Gasteiger partial charge in [-0.1, -0.05) is 0 Å². The van der Waals surface area contributed by atoms with Crippen LogP contribution in [0.25, 0.3) is 5.69 Å². The number of aromatic nitrogens is 2. The van der Waals surface area contributed by atoms with Crippen molar-refractivity contribution in [3.05, 3.63) is 46.4 Å². The first-order valence-corrected chi connectivity index (χ1v) is 6.14. The Morgan fingerprint density at radius 2 is 1.78 bits per heavy atom. The van der Waals surface area contributed by atoms with Gasteiger partial charge in [0.1, 0.15) is 10.1 Å². The number of nitrogens with one attached hydrogen (secondary N) is 1. The number of aryl methyl sites for hydroxylation is 1. The number of H-pyrrole nitrogens is 1. The zero-order valence-corrected chi connectivity index (χ0v) is 12.7. The van der Waals surface area contributed by atoms with Gasteiger partial charge in [-0.3, -0.25) is 9.89 Å². The Morgan fingerprint density at radius 1 is 1.22 bits per heavy atom. The zero-order chi connectivity index (χ0) is 12.6. The third-order valence-corrected chi connectivity index (χ3v) is 3.08. The largest absolute Gasteiger partial charge is 1.00 e. The molecule has 0 atom stereocenters. The maximum absolute atomic E-state index is 11.5. The van der Waals surface area contributed by atoms with Crippen molar-refractivity contribution < 1.29 is 42.5 Å². The number of hydrogen-bond donors (Lipinski definition) is 1. The fourth-order valence-electron chi connectivity index (χ4n) is 1.47. The Bertz CT molecular complexity index is 700. The van der Waals surface area contributed by atoms with E-state index in [1.54, 1.807) is 6.92 Å². The third kappa shape index (κ3) is 3.12. The van der Waals surface area contributed by atoms with Gasteiger partial charge in [0.15, 0.2) is 0 Å². The Hall–Kier alpha value is -0.860. The molecular weight excluding hydrogens is 267 g/mol. The van der Waals surface area contributed by atoms with E-state index >= 15 is 0 Å². The molecule has 0 unspecified atom stereocenters. The van der Waals surface area contributed by atoms with Crippen molar-refractivity contribution in [2.24, 2.45) is 0 Å². The van der Waals surface area contributed by atoms with E-state index in [2.05, 4.69) is 5.10 Å². The molecule has 0 aliphatic carbocycles. The average molecular weight is 276 g/mol. The summed E-state index contributed by atoms with van der Waals surface area (Å²) in [4.78, 5) is 11.2. The Kier molecular flexibility index (Phi) is 4.57. The number of benzene rings is 1. The first-order chi connectivity index (χ1) is 7.88. The van der Waals surface area contributed by atoms with Gasteiger partial charge in [-0.2, -0.15) is 0 Å². The summed E-state index contributed by atoms with van der Waals surface area (Å²) in [6, 6.07) is 6.53. The second kappa shape index (κ2) is 5.41. The molecule has 0 saturated carbocycles. The van der Waals surface area contributed by atoms with Crippen molar-refractivity contribution in [2.45, 2.75) is 11.8 Å². The van der Waals surface area contributed by atoms with Crippen molar-refractivity contribution in [3.63, 3.8) is 0 Å². The quantitative estimate of drug-likeness (QED) is 0.480. The fraction of sp³-hybridized carbons (Fsp3) is 0.100. The molecule has 0 amide bonds. The molecule has 1 aromatic carbocycles. The Balaban J connectivity index is 0.00000162. The summed E-state index contributed by atoms with van der Waals surface area (Å²) in [5.41, 5.74) is 0.909. The normalized spacial score (nSPS) is 11.0. The minimum Gasteiger partial charge on any atom is -0.744 e. The number of nitrogens with zero attached hydrogens (tertiary/aromatic N) is 1. The first kappa shape index (κ1) is 15.2. The summed E-state index contributed by atoms with van der Waals surface area (Å²) in [6.07, 6.45) is 0. The average Bonchev–Trinajstić information content (AvgIpc) is 2.57. The molecule has 0 fully saturated rings. The second-order valence-electron chi connectivity index (χ2n) is 3.56. The van der Waals surface area contributed by atoms with Crippen molar-refractivity contribution in [1.29, 1.82) is 0 Å². The Morgan fingerprint density at radius 3 is 2.17 bits per heavy atom. The van der Waals surface area contributed by atoms with Gasteiger partial charge in [0.25, 0.3) is 5.56 Å². The summed E-state index contributed by atoms with van der Waals surface area (Å²) in [7, 11) is -4.45. The number of rotatable bonds is 2. The summed E-state index contributed by atoms with van der Waals surface area (Å²) in [6.45, 7) is 1.73. The van der Waals surface area contributed by atoms with Gasteiger partial charge in [-0.15, -0.1) is 0 Å². The van der Waals surface area contributed by atoms with Crippen LogP contribution >= 0.6 is 0 Å². The SMILES string of the molecule is Cc1cc(=O)n(-c2ccc(S(=O)(=O)[O-])cc2)[nH]1.[Na+]. The van der Waals surface area contributed by atoms with E-state index in [9.17, 15) is 17.8 Å². The molecule has 0 aliphatic rings. The molecule has 1 heterocycles. The van der Waals surface area contributed by atoms with Crippen molar-refractivity contribution >= 4 is 10.1 Å². The van der Waals surface area contributed by atoms with Crippen LogP contribution in [0.4, 0.5) is 0 Å². The first-order valence-electron chi connectivity index (χ1n) is 4.73. The molecule has 0 aliphatic heterocycles. The Labute approximate surface area is 126 Å². The van der Waals surface area contributed by atoms with E-state index in [1.807, 2.05) is 0 Å². The van der Waals surface area contributed by atoms with E-state index in [4.69, 9.17) is 0 Å². The molecule has 0 radical (unpaired) electrons. The van der Waals surface area contributed by atoms with E-state index in [-0.39, 0.29) is 40.0 Å². The predicted molar refractivity (Wildman–Crippen MR) is 59.1 cm³/mol. The third-order valence-electron chi connectivity index (χ3n) is 2.23. The predicted octanol–water partition coefficient (Wildman–Crippen LogP) is -2.62. The van der Waals surface area contributed by atoms with Gasteiger partial charge >= 0.3 is 29.6 Å². The van der Waals surface area contributed by atoms with Crippen LogP contribution < -0.4 is 35.1 Å². The molecule has 8 heteroatoms. The standard InChI is InChI=1S/C10H10N2O4S.Na/c1-7-6-10(13)12(11-7)8-2-4-9(5-3-8)17(14,15)16;/h2-6,11H,1H3,(H,14,15,16);/q;+1/p-1. The maximum Gasteiger partial charge on any atom is 1.00 e. The van der Waals surface area contributed by atoms with Gasteiger partial charge in [-0.05, 0) is 31.2 Å². The zero-order valence-electron chi connectivity index (χ0n) is 9.88. The van der Waals surface area contributed by atoms with E-state index in [0.29, 0.717) is 11.4 Å². The van der Waals surface area contributed by atoms with Crippen LogP contribution in [0, 0.1) is 6.92 Å². The van der Waals surface area contributed by atoms with Gasteiger partial charge in [-0.25, -0.2) is 13.1 Å². The molecule has 2 rings (SSSR count). The van der Waals surface area contributed by atoms with Gasteiger partial charge in [0.05, 0.1) is 10.6 Å². The van der Waals surface area contributed by atoms with Gasteiger partial charge < -0.3 is 4.55 Å². The van der Waals surface area contributed by atoms with Crippen molar-refractivity contribution in [1.82, 2.24) is 9.78 Å². The van der Waals surface area contributed by atoms with Crippen molar-refractivity contribution in [2.75, 3.05) is 0 Å². The molecule has 1 N–H and O–H groups in total. The number of aromatic amines is 1. The summed E-state index contributed by atoms with van der Waals surface area (Å²) in [5, 5.41) is 2.80. The molecule has 2 aromatic rings. The van der Waals surface area contributed by atoms with Gasteiger partial charge in [0, 0.05) is 11.8 Å². The maximum atomic E-state index is 11.5. The molecule has 1 aromatic heterocycles. The second-order valence-corrected chi connectivity index (χ2v) is 4.94. The molecule has 0 spiro atoms. The summed E-state index contributed by atoms with van der Waals surface area (Å²) >= 11 is 0. The van der Waals surface area contributed by atoms with Crippen LogP contribution in [0.3, 0.4) is 0 Å². The molecule has 18 heavy (non-hydrogen) atoms.